The molecule has 0 aliphatic carbocycles. The standard InChI is InChI=1S/C26H20ClF2N3O3/c27-21-10-11-22(28)24(25(21)29)18-13-23(33)32(31-14-18)20(12-16-4-2-1-3-5-16)15-30-19-8-6-17(7-9-19)26(34)35/h1-11,13-14,20,30H,12,15H2,(H,34,35)/t20-/m0/s1. The zero-order valence-electron chi connectivity index (χ0n) is 18.3. The van der Waals surface area contributed by atoms with Crippen molar-refractivity contribution in [2.24, 2.45) is 0 Å². The van der Waals surface area contributed by atoms with Crippen LogP contribution in [0.4, 0.5) is 14.5 Å². The minimum absolute atomic E-state index is 0.0144. The Labute approximate surface area is 204 Å². The van der Waals surface area contributed by atoms with Crippen molar-refractivity contribution in [1.82, 2.24) is 9.78 Å². The molecule has 0 aliphatic heterocycles. The SMILES string of the molecule is O=C(O)c1ccc(NC[C@H](Cc2ccccc2)n2ncc(-c3c(F)ccc(Cl)c3F)cc2=O)cc1. The lowest BCUT2D eigenvalue weighted by atomic mass is 10.0. The van der Waals surface area contributed by atoms with E-state index in [-0.39, 0.29) is 22.7 Å². The van der Waals surface area contributed by atoms with E-state index in [4.69, 9.17) is 16.7 Å². The van der Waals surface area contributed by atoms with Crippen LogP contribution in [0.15, 0.2) is 83.8 Å². The first-order chi connectivity index (χ1) is 16.8. The number of hydrogen-bond acceptors (Lipinski definition) is 4. The van der Waals surface area contributed by atoms with E-state index in [0.717, 1.165) is 23.8 Å². The van der Waals surface area contributed by atoms with Gasteiger partial charge in [-0.05, 0) is 48.4 Å². The van der Waals surface area contributed by atoms with Crippen molar-refractivity contribution in [2.75, 3.05) is 11.9 Å². The second-order valence-corrected chi connectivity index (χ2v) is 8.26. The molecule has 0 unspecified atom stereocenters. The highest BCUT2D eigenvalue weighted by atomic mass is 35.5. The lowest BCUT2D eigenvalue weighted by Gasteiger charge is -2.20. The number of rotatable bonds is 8. The van der Waals surface area contributed by atoms with Crippen LogP contribution in [0.2, 0.25) is 5.02 Å². The summed E-state index contributed by atoms with van der Waals surface area (Å²) >= 11 is 5.79. The maximum absolute atomic E-state index is 14.5. The van der Waals surface area contributed by atoms with E-state index in [9.17, 15) is 18.4 Å². The molecule has 0 amide bonds. The number of carboxylic acids is 1. The minimum Gasteiger partial charge on any atom is -0.478 e. The lowest BCUT2D eigenvalue weighted by molar-refractivity contribution is 0.0697. The molecule has 0 spiro atoms. The Balaban J connectivity index is 1.64. The van der Waals surface area contributed by atoms with Gasteiger partial charge in [-0.15, -0.1) is 0 Å². The van der Waals surface area contributed by atoms with Gasteiger partial charge in [0.25, 0.3) is 5.56 Å². The highest BCUT2D eigenvalue weighted by Gasteiger charge is 2.19. The molecule has 4 rings (SSSR count). The molecule has 4 aromatic rings. The van der Waals surface area contributed by atoms with Gasteiger partial charge < -0.3 is 10.4 Å². The van der Waals surface area contributed by atoms with Crippen LogP contribution in [0, 0.1) is 11.6 Å². The summed E-state index contributed by atoms with van der Waals surface area (Å²) in [6.07, 6.45) is 1.69. The molecular formula is C26H20ClF2N3O3. The Bertz CT molecular complexity index is 1410. The molecule has 0 radical (unpaired) electrons. The summed E-state index contributed by atoms with van der Waals surface area (Å²) in [4.78, 5) is 24.1. The fourth-order valence-corrected chi connectivity index (χ4v) is 3.88. The second-order valence-electron chi connectivity index (χ2n) is 7.85. The third-order valence-corrected chi connectivity index (χ3v) is 5.78. The van der Waals surface area contributed by atoms with Crippen LogP contribution in [0.1, 0.15) is 22.0 Å². The van der Waals surface area contributed by atoms with Gasteiger partial charge >= 0.3 is 5.97 Å². The lowest BCUT2D eigenvalue weighted by Crippen LogP contribution is -2.32. The molecule has 35 heavy (non-hydrogen) atoms. The smallest absolute Gasteiger partial charge is 0.335 e. The van der Waals surface area contributed by atoms with Gasteiger partial charge in [0.05, 0.1) is 28.4 Å². The number of carbonyl (C=O) groups is 1. The number of hydrogen-bond donors (Lipinski definition) is 2. The predicted octanol–water partition coefficient (Wildman–Crippen LogP) is 5.44. The molecular weight excluding hydrogens is 476 g/mol. The number of carboxylic acid groups (broad SMARTS) is 1. The first kappa shape index (κ1) is 24.1. The molecule has 3 aromatic carbocycles. The largest absolute Gasteiger partial charge is 0.478 e. The van der Waals surface area contributed by atoms with E-state index < -0.39 is 34.8 Å². The van der Waals surface area contributed by atoms with Gasteiger partial charge in [0.15, 0.2) is 5.82 Å². The molecule has 1 aromatic heterocycles. The summed E-state index contributed by atoms with van der Waals surface area (Å²) in [6, 6.07) is 18.5. The molecule has 0 bridgehead atoms. The monoisotopic (exact) mass is 495 g/mol. The number of benzene rings is 3. The van der Waals surface area contributed by atoms with Crippen molar-refractivity contribution in [3.8, 4) is 11.1 Å². The molecule has 178 valence electrons. The van der Waals surface area contributed by atoms with Gasteiger partial charge in [-0.2, -0.15) is 5.10 Å². The number of aromatic carboxylic acids is 1. The maximum atomic E-state index is 14.5. The molecule has 1 heterocycles. The van der Waals surface area contributed by atoms with E-state index in [1.165, 1.54) is 23.0 Å². The number of aromatic nitrogens is 2. The highest BCUT2D eigenvalue weighted by molar-refractivity contribution is 6.31. The van der Waals surface area contributed by atoms with E-state index in [2.05, 4.69) is 10.4 Å². The van der Waals surface area contributed by atoms with E-state index in [1.54, 1.807) is 12.1 Å². The molecule has 0 saturated carbocycles. The first-order valence-corrected chi connectivity index (χ1v) is 11.0. The molecule has 1 atom stereocenters. The van der Waals surface area contributed by atoms with Gasteiger partial charge in [0, 0.05) is 23.9 Å². The van der Waals surface area contributed by atoms with Crippen LogP contribution in [0.5, 0.6) is 0 Å². The molecule has 0 saturated heterocycles. The zero-order valence-corrected chi connectivity index (χ0v) is 19.0. The Morgan fingerprint density at radius 3 is 2.43 bits per heavy atom. The van der Waals surface area contributed by atoms with E-state index in [0.29, 0.717) is 12.1 Å². The topological polar surface area (TPSA) is 84.2 Å². The van der Waals surface area contributed by atoms with Gasteiger partial charge in [-0.1, -0.05) is 41.9 Å². The Hall–Kier alpha value is -4.04. The number of anilines is 1. The van der Waals surface area contributed by atoms with Crippen LogP contribution in [0.3, 0.4) is 0 Å². The van der Waals surface area contributed by atoms with Crippen LogP contribution >= 0.6 is 11.6 Å². The second kappa shape index (κ2) is 10.5. The summed E-state index contributed by atoms with van der Waals surface area (Å²) in [7, 11) is 0. The van der Waals surface area contributed by atoms with E-state index in [1.807, 2.05) is 30.3 Å². The molecule has 9 heteroatoms. The van der Waals surface area contributed by atoms with Crippen LogP contribution in [0.25, 0.3) is 11.1 Å². The molecule has 0 fully saturated rings. The number of nitrogens with zero attached hydrogens (tertiary/aromatic N) is 2. The first-order valence-electron chi connectivity index (χ1n) is 10.7. The van der Waals surface area contributed by atoms with Crippen molar-refractivity contribution < 1.29 is 18.7 Å². The zero-order chi connectivity index (χ0) is 24.9. The summed E-state index contributed by atoms with van der Waals surface area (Å²) in [5, 5.41) is 16.2. The average Bonchev–Trinajstić information content (AvgIpc) is 2.85. The fourth-order valence-electron chi connectivity index (χ4n) is 3.72. The minimum atomic E-state index is -1.03. The third-order valence-electron chi connectivity index (χ3n) is 5.49. The molecule has 6 nitrogen and oxygen atoms in total. The predicted molar refractivity (Wildman–Crippen MR) is 130 cm³/mol. The van der Waals surface area contributed by atoms with Gasteiger partial charge in [0.2, 0.25) is 0 Å². The quantitative estimate of drug-likeness (QED) is 0.318. The van der Waals surface area contributed by atoms with Crippen LogP contribution in [-0.4, -0.2) is 27.4 Å². The number of halogens is 3. The van der Waals surface area contributed by atoms with E-state index >= 15 is 0 Å². The van der Waals surface area contributed by atoms with Crippen molar-refractivity contribution in [3.05, 3.63) is 117 Å². The Morgan fingerprint density at radius 2 is 1.77 bits per heavy atom. The van der Waals surface area contributed by atoms with Crippen molar-refractivity contribution in [2.45, 2.75) is 12.5 Å². The normalized spacial score (nSPS) is 11.7. The van der Waals surface area contributed by atoms with Gasteiger partial charge in [-0.3, -0.25) is 4.79 Å². The van der Waals surface area contributed by atoms with Gasteiger partial charge in [0.1, 0.15) is 5.82 Å². The molecule has 2 N–H and O–H groups in total. The number of nitrogens with one attached hydrogen (secondary N) is 1. The summed E-state index contributed by atoms with van der Waals surface area (Å²) in [6.45, 7) is 0.285. The van der Waals surface area contributed by atoms with Crippen molar-refractivity contribution >= 4 is 23.3 Å². The van der Waals surface area contributed by atoms with Gasteiger partial charge in [-0.25, -0.2) is 18.3 Å². The summed E-state index contributed by atoms with van der Waals surface area (Å²) in [5.41, 5.74) is 0.825. The van der Waals surface area contributed by atoms with Crippen LogP contribution < -0.4 is 10.9 Å². The van der Waals surface area contributed by atoms with Crippen molar-refractivity contribution in [3.63, 3.8) is 0 Å². The molecule has 0 aliphatic rings. The summed E-state index contributed by atoms with van der Waals surface area (Å²) < 4.78 is 30.0. The fraction of sp³-hybridized carbons (Fsp3) is 0.115. The maximum Gasteiger partial charge on any atom is 0.335 e. The Morgan fingerprint density at radius 1 is 1.06 bits per heavy atom. The van der Waals surface area contributed by atoms with Crippen LogP contribution in [-0.2, 0) is 6.42 Å². The van der Waals surface area contributed by atoms with Crippen molar-refractivity contribution in [1.29, 1.82) is 0 Å². The third kappa shape index (κ3) is 5.55. The highest BCUT2D eigenvalue weighted by Crippen LogP contribution is 2.29. The summed E-state index contributed by atoms with van der Waals surface area (Å²) in [5.74, 6) is -2.84. The Kier molecular flexibility index (Phi) is 7.22. The average molecular weight is 496 g/mol.